The number of carboxylic acid groups (broad SMARTS) is 1. The second-order valence-electron chi connectivity index (χ2n) is 10.6. The number of amides is 1. The van der Waals surface area contributed by atoms with Crippen LogP contribution in [0.5, 0.6) is 0 Å². The summed E-state index contributed by atoms with van der Waals surface area (Å²) in [7, 11) is 0. The molecule has 0 radical (unpaired) electrons. The van der Waals surface area contributed by atoms with Gasteiger partial charge in [-0.15, -0.1) is 0 Å². The van der Waals surface area contributed by atoms with Gasteiger partial charge in [0.05, 0.1) is 0 Å². The summed E-state index contributed by atoms with van der Waals surface area (Å²) >= 11 is 0. The number of esters is 1. The molecule has 1 amide bonds. The maximum Gasteiger partial charge on any atom is 0.408 e. The average molecular weight is 553 g/mol. The zero-order chi connectivity index (χ0) is 28.4. The van der Waals surface area contributed by atoms with E-state index in [1.807, 2.05) is 36.4 Å². The van der Waals surface area contributed by atoms with Gasteiger partial charge >= 0.3 is 18.0 Å². The molecule has 8 nitrogen and oxygen atoms in total. The Kier molecular flexibility index (Phi) is 14.1. The van der Waals surface area contributed by atoms with Gasteiger partial charge < -0.3 is 25.2 Å². The van der Waals surface area contributed by atoms with Crippen molar-refractivity contribution in [2.75, 3.05) is 0 Å². The van der Waals surface area contributed by atoms with E-state index in [1.54, 1.807) is 24.3 Å². The van der Waals surface area contributed by atoms with E-state index in [9.17, 15) is 14.4 Å². The fraction of sp³-hybridized carbons (Fsp3) is 0.531. The summed E-state index contributed by atoms with van der Waals surface area (Å²) in [5.74, 6) is -1.79. The Hall–Kier alpha value is -3.39. The van der Waals surface area contributed by atoms with Crippen LogP contribution in [-0.2, 0) is 32.3 Å². The van der Waals surface area contributed by atoms with Crippen LogP contribution in [-0.4, -0.2) is 41.3 Å². The lowest BCUT2D eigenvalue weighted by atomic mass is 9.91. The van der Waals surface area contributed by atoms with E-state index < -0.39 is 24.1 Å². The van der Waals surface area contributed by atoms with Gasteiger partial charge in [0.25, 0.3) is 0 Å². The van der Waals surface area contributed by atoms with Crippen LogP contribution in [0.2, 0.25) is 0 Å². The van der Waals surface area contributed by atoms with Gasteiger partial charge in [-0.1, -0.05) is 99.2 Å². The van der Waals surface area contributed by atoms with E-state index >= 15 is 0 Å². The summed E-state index contributed by atoms with van der Waals surface area (Å²) in [4.78, 5) is 35.0. The standard InChI is InChI=1S/C20H21NO6.C12H23N/c22-18(23)12-11-17(19(24)26-13-15-7-3-1-4-8-15)21-20(25)27-14-16-9-5-2-6-10-16;1-3-7-11(8-4-1)13-12-9-5-2-6-10-12/h1-10,17H,11-14H2,(H,21,25)(H,22,23);11-13H,1-10H2/t17-;/m0./s1. The van der Waals surface area contributed by atoms with Crippen molar-refractivity contribution in [3.05, 3.63) is 71.8 Å². The molecule has 0 aliphatic heterocycles. The highest BCUT2D eigenvalue weighted by Gasteiger charge is 2.24. The Morgan fingerprint density at radius 2 is 1.20 bits per heavy atom. The summed E-state index contributed by atoms with van der Waals surface area (Å²) in [5, 5.41) is 15.1. The zero-order valence-electron chi connectivity index (χ0n) is 23.4. The van der Waals surface area contributed by atoms with Crippen LogP contribution in [0.25, 0.3) is 0 Å². The first kappa shape index (κ1) is 31.1. The highest BCUT2D eigenvalue weighted by molar-refractivity contribution is 5.82. The summed E-state index contributed by atoms with van der Waals surface area (Å²) in [6, 6.07) is 18.7. The van der Waals surface area contributed by atoms with Crippen LogP contribution in [0.4, 0.5) is 4.79 Å². The quantitative estimate of drug-likeness (QED) is 0.287. The Balaban J connectivity index is 0.000000281. The van der Waals surface area contributed by atoms with E-state index in [4.69, 9.17) is 14.6 Å². The van der Waals surface area contributed by atoms with E-state index in [1.165, 1.54) is 64.2 Å². The molecule has 1 atom stereocenters. The molecule has 2 aliphatic rings. The molecule has 2 saturated carbocycles. The van der Waals surface area contributed by atoms with E-state index in [2.05, 4.69) is 10.6 Å². The third-order valence-electron chi connectivity index (χ3n) is 7.34. The predicted molar refractivity (Wildman–Crippen MR) is 154 cm³/mol. The maximum absolute atomic E-state index is 12.3. The molecule has 40 heavy (non-hydrogen) atoms. The number of rotatable bonds is 11. The predicted octanol–water partition coefficient (Wildman–Crippen LogP) is 6.13. The molecule has 0 aromatic heterocycles. The van der Waals surface area contributed by atoms with Gasteiger partial charge in [-0.05, 0) is 43.2 Å². The molecular weight excluding hydrogens is 508 g/mol. The highest BCUT2D eigenvalue weighted by atomic mass is 16.6. The van der Waals surface area contributed by atoms with Gasteiger partial charge in [0, 0.05) is 18.5 Å². The minimum atomic E-state index is -1.10. The summed E-state index contributed by atoms with van der Waals surface area (Å²) < 4.78 is 10.3. The highest BCUT2D eigenvalue weighted by Crippen LogP contribution is 2.22. The number of benzene rings is 2. The largest absolute Gasteiger partial charge is 0.481 e. The first-order chi connectivity index (χ1) is 19.5. The van der Waals surface area contributed by atoms with Gasteiger partial charge in [0.15, 0.2) is 0 Å². The molecule has 0 heterocycles. The zero-order valence-corrected chi connectivity index (χ0v) is 23.4. The minimum absolute atomic E-state index is 0.0317. The van der Waals surface area contributed by atoms with E-state index in [0.29, 0.717) is 0 Å². The lowest BCUT2D eigenvalue weighted by molar-refractivity contribution is -0.148. The Morgan fingerprint density at radius 3 is 1.68 bits per heavy atom. The van der Waals surface area contributed by atoms with Crippen LogP contribution in [0.1, 0.15) is 88.2 Å². The van der Waals surface area contributed by atoms with Crippen LogP contribution >= 0.6 is 0 Å². The third kappa shape index (κ3) is 12.6. The first-order valence-corrected chi connectivity index (χ1v) is 14.6. The van der Waals surface area contributed by atoms with Crippen molar-refractivity contribution in [1.82, 2.24) is 10.6 Å². The Labute approximate surface area is 237 Å². The van der Waals surface area contributed by atoms with Crippen molar-refractivity contribution in [2.45, 2.75) is 108 Å². The van der Waals surface area contributed by atoms with Gasteiger partial charge in [-0.3, -0.25) is 4.79 Å². The van der Waals surface area contributed by atoms with Gasteiger partial charge in [0.2, 0.25) is 0 Å². The number of carboxylic acids is 1. The van der Waals surface area contributed by atoms with Crippen molar-refractivity contribution in [3.63, 3.8) is 0 Å². The fourth-order valence-electron chi connectivity index (χ4n) is 5.12. The Bertz CT molecular complexity index is 989. The molecule has 4 rings (SSSR count). The lowest BCUT2D eigenvalue weighted by Crippen LogP contribution is -2.42. The topological polar surface area (TPSA) is 114 Å². The maximum atomic E-state index is 12.3. The number of ether oxygens (including phenoxy) is 2. The summed E-state index contributed by atoms with van der Waals surface area (Å²) in [6.07, 6.45) is 13.4. The number of hydrogen-bond donors (Lipinski definition) is 3. The van der Waals surface area contributed by atoms with Crippen molar-refractivity contribution < 1.29 is 29.0 Å². The van der Waals surface area contributed by atoms with Gasteiger partial charge in [-0.2, -0.15) is 0 Å². The fourth-order valence-corrected chi connectivity index (χ4v) is 5.12. The van der Waals surface area contributed by atoms with Crippen LogP contribution < -0.4 is 10.6 Å². The number of aliphatic carboxylic acids is 1. The van der Waals surface area contributed by atoms with E-state index in [0.717, 1.165) is 23.2 Å². The van der Waals surface area contributed by atoms with Crippen molar-refractivity contribution >= 4 is 18.0 Å². The van der Waals surface area contributed by atoms with Gasteiger partial charge in [0.1, 0.15) is 19.3 Å². The number of carbonyl (C=O) groups is 3. The smallest absolute Gasteiger partial charge is 0.408 e. The van der Waals surface area contributed by atoms with Crippen molar-refractivity contribution in [2.24, 2.45) is 0 Å². The molecule has 0 saturated heterocycles. The Morgan fingerprint density at radius 1 is 0.725 bits per heavy atom. The van der Waals surface area contributed by atoms with Crippen molar-refractivity contribution in [1.29, 1.82) is 0 Å². The monoisotopic (exact) mass is 552 g/mol. The third-order valence-corrected chi connectivity index (χ3v) is 7.34. The number of alkyl carbamates (subject to hydrolysis) is 1. The summed E-state index contributed by atoms with van der Waals surface area (Å²) in [6.45, 7) is 0.0708. The second-order valence-corrected chi connectivity index (χ2v) is 10.6. The van der Waals surface area contributed by atoms with E-state index in [-0.39, 0.29) is 26.1 Å². The SMILES string of the molecule is C1CCC(NC2CCCCC2)CC1.O=C(O)CC[C@H](NC(=O)OCc1ccccc1)C(=O)OCc1ccccc1. The molecule has 0 bridgehead atoms. The summed E-state index contributed by atoms with van der Waals surface area (Å²) in [5.41, 5.74) is 1.58. The molecular formula is C32H44N2O6. The molecule has 8 heteroatoms. The molecule has 3 N–H and O–H groups in total. The molecule has 0 spiro atoms. The molecule has 0 unspecified atom stereocenters. The molecule has 2 aromatic rings. The number of carbonyl (C=O) groups excluding carboxylic acids is 2. The minimum Gasteiger partial charge on any atom is -0.481 e. The van der Waals surface area contributed by atoms with Crippen LogP contribution in [0.3, 0.4) is 0 Å². The first-order valence-electron chi connectivity index (χ1n) is 14.6. The molecule has 2 aromatic carbocycles. The lowest BCUT2D eigenvalue weighted by Gasteiger charge is -2.30. The van der Waals surface area contributed by atoms with Gasteiger partial charge in [-0.25, -0.2) is 9.59 Å². The molecule has 2 fully saturated rings. The number of nitrogens with one attached hydrogen (secondary N) is 2. The number of hydrogen-bond acceptors (Lipinski definition) is 6. The second kappa shape index (κ2) is 18.1. The average Bonchev–Trinajstić information content (AvgIpc) is 2.99. The van der Waals surface area contributed by atoms with Crippen LogP contribution in [0.15, 0.2) is 60.7 Å². The van der Waals surface area contributed by atoms with Crippen LogP contribution in [0, 0.1) is 0 Å². The van der Waals surface area contributed by atoms with Crippen molar-refractivity contribution in [3.8, 4) is 0 Å². The normalized spacial score (nSPS) is 16.6. The molecule has 218 valence electrons. The molecule has 2 aliphatic carbocycles.